The first-order chi connectivity index (χ1) is 10.9. The Bertz CT molecular complexity index is 547. The van der Waals surface area contributed by atoms with E-state index in [2.05, 4.69) is 38.0 Å². The largest absolute Gasteiger partial charge is 0.372 e. The highest BCUT2D eigenvalue weighted by molar-refractivity contribution is 5.75. The summed E-state index contributed by atoms with van der Waals surface area (Å²) >= 11 is 0. The first kappa shape index (κ1) is 17.7. The first-order valence-electron chi connectivity index (χ1n) is 8.47. The lowest BCUT2D eigenvalue weighted by Crippen LogP contribution is -2.55. The number of morpholine rings is 1. The van der Waals surface area contributed by atoms with Crippen LogP contribution >= 0.6 is 0 Å². The summed E-state index contributed by atoms with van der Waals surface area (Å²) in [5.74, 6) is 0.270. The summed E-state index contributed by atoms with van der Waals surface area (Å²) in [5, 5.41) is 3.17. The Labute approximate surface area is 139 Å². The molecule has 0 radical (unpaired) electrons. The molecular weight excluding hydrogens is 290 g/mol. The summed E-state index contributed by atoms with van der Waals surface area (Å²) < 4.78 is 5.82. The molecule has 0 aliphatic carbocycles. The molecule has 0 spiro atoms. The fourth-order valence-corrected chi connectivity index (χ4v) is 2.92. The van der Waals surface area contributed by atoms with Gasteiger partial charge in [0.1, 0.15) is 0 Å². The molecule has 0 bridgehead atoms. The number of ether oxygens (including phenoxy) is 1. The number of pyridine rings is 1. The van der Waals surface area contributed by atoms with Gasteiger partial charge in [0.15, 0.2) is 0 Å². The van der Waals surface area contributed by atoms with Gasteiger partial charge in [0, 0.05) is 12.7 Å². The van der Waals surface area contributed by atoms with Crippen LogP contribution in [-0.4, -0.2) is 41.2 Å². The molecule has 128 valence electrons. The van der Waals surface area contributed by atoms with Gasteiger partial charge in [-0.15, -0.1) is 0 Å². The lowest BCUT2D eigenvalue weighted by molar-refractivity contribution is -0.0875. The maximum absolute atomic E-state index is 12.7. The van der Waals surface area contributed by atoms with E-state index in [9.17, 15) is 4.79 Å². The molecule has 1 N–H and O–H groups in total. The van der Waals surface area contributed by atoms with Crippen LogP contribution in [0.4, 0.5) is 4.79 Å². The zero-order valence-corrected chi connectivity index (χ0v) is 14.9. The van der Waals surface area contributed by atoms with E-state index in [0.717, 1.165) is 17.7 Å². The minimum absolute atomic E-state index is 0.0308. The van der Waals surface area contributed by atoms with Crippen LogP contribution in [0.3, 0.4) is 0 Å². The van der Waals surface area contributed by atoms with Crippen molar-refractivity contribution in [2.45, 2.75) is 52.7 Å². The van der Waals surface area contributed by atoms with Crippen LogP contribution in [-0.2, 0) is 4.74 Å². The number of amides is 2. The third-order valence-corrected chi connectivity index (χ3v) is 4.66. The van der Waals surface area contributed by atoms with E-state index in [1.165, 1.54) is 0 Å². The van der Waals surface area contributed by atoms with E-state index in [0.29, 0.717) is 19.7 Å². The van der Waals surface area contributed by atoms with Gasteiger partial charge in [-0.2, -0.15) is 0 Å². The SMILES string of the molecule is CC[C@]1(C)CN(C(=O)N[C@H](c2ncccc2C)C(C)C)CCO1. The van der Waals surface area contributed by atoms with Gasteiger partial charge in [0.05, 0.1) is 30.5 Å². The number of urea groups is 1. The predicted molar refractivity (Wildman–Crippen MR) is 91.3 cm³/mol. The number of nitrogens with zero attached hydrogens (tertiary/aromatic N) is 2. The van der Waals surface area contributed by atoms with Crippen LogP contribution < -0.4 is 5.32 Å². The van der Waals surface area contributed by atoms with Crippen LogP contribution in [0.25, 0.3) is 0 Å². The van der Waals surface area contributed by atoms with Crippen LogP contribution in [0.2, 0.25) is 0 Å². The standard InChI is InChI=1S/C18H29N3O2/c1-6-18(5)12-21(10-11-23-18)17(22)20-15(13(2)3)16-14(4)8-7-9-19-16/h7-9,13,15H,6,10-12H2,1-5H3,(H,20,22)/t15-,18+/m0/s1. The lowest BCUT2D eigenvalue weighted by Gasteiger charge is -2.40. The summed E-state index contributed by atoms with van der Waals surface area (Å²) in [5.41, 5.74) is 1.80. The zero-order valence-electron chi connectivity index (χ0n) is 14.9. The smallest absolute Gasteiger partial charge is 0.318 e. The molecule has 1 aromatic rings. The summed E-state index contributed by atoms with van der Waals surface area (Å²) in [4.78, 5) is 19.1. The van der Waals surface area contributed by atoms with Crippen LogP contribution in [0.1, 0.15) is 51.4 Å². The number of carbonyl (C=O) groups is 1. The predicted octanol–water partition coefficient (Wildman–Crippen LogP) is 3.30. The molecule has 1 aromatic heterocycles. The Morgan fingerprint density at radius 2 is 2.26 bits per heavy atom. The maximum Gasteiger partial charge on any atom is 0.318 e. The molecular formula is C18H29N3O2. The van der Waals surface area contributed by atoms with E-state index in [4.69, 9.17) is 4.74 Å². The van der Waals surface area contributed by atoms with Crippen molar-refractivity contribution in [1.82, 2.24) is 15.2 Å². The van der Waals surface area contributed by atoms with Gasteiger partial charge in [-0.1, -0.05) is 26.8 Å². The molecule has 0 unspecified atom stereocenters. The first-order valence-corrected chi connectivity index (χ1v) is 8.47. The van der Waals surface area contributed by atoms with Gasteiger partial charge in [0.25, 0.3) is 0 Å². The summed E-state index contributed by atoms with van der Waals surface area (Å²) in [6.45, 7) is 12.3. The van der Waals surface area contributed by atoms with E-state index in [1.807, 2.05) is 24.0 Å². The Kier molecular flexibility index (Phi) is 5.63. The number of aryl methyl sites for hydroxylation is 1. The summed E-state index contributed by atoms with van der Waals surface area (Å²) in [6.07, 6.45) is 2.68. The van der Waals surface area contributed by atoms with Crippen LogP contribution in [0.5, 0.6) is 0 Å². The quantitative estimate of drug-likeness (QED) is 0.926. The molecule has 5 nitrogen and oxygen atoms in total. The second-order valence-electron chi connectivity index (χ2n) is 6.95. The molecule has 1 saturated heterocycles. The molecule has 2 heterocycles. The molecule has 23 heavy (non-hydrogen) atoms. The van der Waals surface area contributed by atoms with Crippen molar-refractivity contribution in [3.8, 4) is 0 Å². The number of aromatic nitrogens is 1. The average molecular weight is 319 g/mol. The van der Waals surface area contributed by atoms with Gasteiger partial charge < -0.3 is 15.0 Å². The molecule has 2 rings (SSSR count). The number of nitrogens with one attached hydrogen (secondary N) is 1. The fraction of sp³-hybridized carbons (Fsp3) is 0.667. The Balaban J connectivity index is 2.11. The molecule has 1 aliphatic heterocycles. The van der Waals surface area contributed by atoms with Crippen molar-refractivity contribution in [2.24, 2.45) is 5.92 Å². The Morgan fingerprint density at radius 3 is 2.87 bits per heavy atom. The second kappa shape index (κ2) is 7.30. The molecule has 1 aliphatic rings. The van der Waals surface area contributed by atoms with Gasteiger partial charge in [-0.3, -0.25) is 4.98 Å². The third-order valence-electron chi connectivity index (χ3n) is 4.66. The number of rotatable bonds is 4. The highest BCUT2D eigenvalue weighted by Gasteiger charge is 2.33. The van der Waals surface area contributed by atoms with Crippen molar-refractivity contribution >= 4 is 6.03 Å². The Hall–Kier alpha value is -1.62. The van der Waals surface area contributed by atoms with Gasteiger partial charge in [-0.05, 0) is 37.8 Å². The van der Waals surface area contributed by atoms with Gasteiger partial charge in [-0.25, -0.2) is 4.79 Å². The summed E-state index contributed by atoms with van der Waals surface area (Å²) in [7, 11) is 0. The molecule has 0 saturated carbocycles. The van der Waals surface area contributed by atoms with E-state index < -0.39 is 0 Å². The van der Waals surface area contributed by atoms with Crippen molar-refractivity contribution in [2.75, 3.05) is 19.7 Å². The zero-order chi connectivity index (χ0) is 17.0. The van der Waals surface area contributed by atoms with Crippen molar-refractivity contribution < 1.29 is 9.53 Å². The van der Waals surface area contributed by atoms with Gasteiger partial charge in [0.2, 0.25) is 0 Å². The molecule has 2 atom stereocenters. The Morgan fingerprint density at radius 1 is 1.52 bits per heavy atom. The van der Waals surface area contributed by atoms with Crippen molar-refractivity contribution in [1.29, 1.82) is 0 Å². The topological polar surface area (TPSA) is 54.5 Å². The van der Waals surface area contributed by atoms with E-state index >= 15 is 0 Å². The average Bonchev–Trinajstić information content (AvgIpc) is 2.53. The molecule has 1 fully saturated rings. The highest BCUT2D eigenvalue weighted by Crippen LogP contribution is 2.25. The monoisotopic (exact) mass is 319 g/mol. The minimum Gasteiger partial charge on any atom is -0.372 e. The number of hydrogen-bond donors (Lipinski definition) is 1. The molecule has 0 aromatic carbocycles. The van der Waals surface area contributed by atoms with Gasteiger partial charge >= 0.3 is 6.03 Å². The molecule has 2 amide bonds. The second-order valence-corrected chi connectivity index (χ2v) is 6.95. The number of carbonyl (C=O) groups excluding carboxylic acids is 1. The van der Waals surface area contributed by atoms with Crippen molar-refractivity contribution in [3.63, 3.8) is 0 Å². The lowest BCUT2D eigenvalue weighted by atomic mass is 9.97. The third kappa shape index (κ3) is 4.22. The number of hydrogen-bond acceptors (Lipinski definition) is 3. The normalized spacial score (nSPS) is 23.0. The van der Waals surface area contributed by atoms with E-state index in [1.54, 1.807) is 6.20 Å². The van der Waals surface area contributed by atoms with E-state index in [-0.39, 0.29) is 23.6 Å². The fourth-order valence-electron chi connectivity index (χ4n) is 2.92. The minimum atomic E-state index is -0.246. The molecule has 5 heteroatoms. The maximum atomic E-state index is 12.7. The summed E-state index contributed by atoms with van der Waals surface area (Å²) in [6, 6.07) is 3.84. The van der Waals surface area contributed by atoms with Crippen LogP contribution in [0.15, 0.2) is 18.3 Å². The van der Waals surface area contributed by atoms with Crippen molar-refractivity contribution in [3.05, 3.63) is 29.6 Å². The highest BCUT2D eigenvalue weighted by atomic mass is 16.5. The van der Waals surface area contributed by atoms with Crippen LogP contribution in [0, 0.1) is 12.8 Å².